The molecule has 90 valence electrons. The van der Waals surface area contributed by atoms with Crippen molar-refractivity contribution in [2.45, 2.75) is 26.3 Å². The number of benzene rings is 1. The largest absolute Gasteiger partial charge is 0.325 e. The molecule has 1 heterocycles. The van der Waals surface area contributed by atoms with Crippen LogP contribution in [0, 0.1) is 0 Å². The van der Waals surface area contributed by atoms with E-state index in [9.17, 15) is 0 Å². The summed E-state index contributed by atoms with van der Waals surface area (Å²) in [5.74, 6) is 0. The van der Waals surface area contributed by atoms with Crippen LogP contribution in [0.4, 0.5) is 0 Å². The molecular weight excluding hydrogens is 296 g/mol. The first-order valence-corrected chi connectivity index (χ1v) is 7.30. The van der Waals surface area contributed by atoms with E-state index in [2.05, 4.69) is 52.1 Å². The van der Waals surface area contributed by atoms with Crippen molar-refractivity contribution in [2.24, 2.45) is 5.73 Å². The summed E-state index contributed by atoms with van der Waals surface area (Å²) in [6.45, 7) is 2.69. The molecule has 0 spiro atoms. The fourth-order valence-corrected chi connectivity index (χ4v) is 3.36. The molecule has 0 aliphatic carbocycles. The average molecular weight is 311 g/mol. The number of aromatic nitrogens is 1. The molecule has 1 aromatic heterocycles. The van der Waals surface area contributed by atoms with Crippen LogP contribution in [-0.4, -0.2) is 4.98 Å². The second-order valence-electron chi connectivity index (χ2n) is 3.88. The quantitative estimate of drug-likeness (QED) is 0.927. The maximum Gasteiger partial charge on any atom is 0.125 e. The van der Waals surface area contributed by atoms with Gasteiger partial charge in [0, 0.05) is 6.54 Å². The summed E-state index contributed by atoms with van der Waals surface area (Å²) in [6, 6.07) is 8.69. The molecular formula is C13H15BrN2S. The predicted octanol–water partition coefficient (Wildman–Crippen LogP) is 3.98. The van der Waals surface area contributed by atoms with Crippen LogP contribution in [0.2, 0.25) is 0 Å². The number of nitrogens with two attached hydrogens (primary N) is 1. The van der Waals surface area contributed by atoms with Gasteiger partial charge in [-0.1, -0.05) is 37.6 Å². The second-order valence-corrected chi connectivity index (χ2v) is 5.71. The molecule has 0 fully saturated rings. The van der Waals surface area contributed by atoms with Gasteiger partial charge in [-0.05, 0) is 33.5 Å². The molecule has 2 nitrogen and oxygen atoms in total. The first-order valence-electron chi connectivity index (χ1n) is 5.69. The van der Waals surface area contributed by atoms with Gasteiger partial charge in [0.2, 0.25) is 0 Å². The zero-order chi connectivity index (χ0) is 12.3. The SMILES string of the molecule is CCCc1ccc(-c2sc(CN)nc2Br)cc1. The van der Waals surface area contributed by atoms with Crippen LogP contribution in [0.5, 0.6) is 0 Å². The first kappa shape index (κ1) is 12.7. The molecule has 0 bridgehead atoms. The highest BCUT2D eigenvalue weighted by Gasteiger charge is 2.09. The van der Waals surface area contributed by atoms with Gasteiger partial charge in [0.15, 0.2) is 0 Å². The lowest BCUT2D eigenvalue weighted by atomic mass is 10.1. The van der Waals surface area contributed by atoms with E-state index in [0.29, 0.717) is 6.54 Å². The summed E-state index contributed by atoms with van der Waals surface area (Å²) in [4.78, 5) is 5.54. The van der Waals surface area contributed by atoms with Crippen molar-refractivity contribution in [3.63, 3.8) is 0 Å². The third kappa shape index (κ3) is 2.94. The van der Waals surface area contributed by atoms with E-state index in [0.717, 1.165) is 20.9 Å². The average Bonchev–Trinajstić information content (AvgIpc) is 2.72. The molecule has 0 amide bonds. The lowest BCUT2D eigenvalue weighted by Gasteiger charge is -2.01. The summed E-state index contributed by atoms with van der Waals surface area (Å²) >= 11 is 5.14. The zero-order valence-electron chi connectivity index (χ0n) is 9.74. The lowest BCUT2D eigenvalue weighted by Crippen LogP contribution is -1.93. The van der Waals surface area contributed by atoms with Crippen molar-refractivity contribution in [3.05, 3.63) is 39.4 Å². The molecule has 4 heteroatoms. The van der Waals surface area contributed by atoms with Gasteiger partial charge in [-0.2, -0.15) is 0 Å². The topological polar surface area (TPSA) is 38.9 Å². The van der Waals surface area contributed by atoms with Crippen molar-refractivity contribution in [2.75, 3.05) is 0 Å². The van der Waals surface area contributed by atoms with Crippen LogP contribution in [-0.2, 0) is 13.0 Å². The molecule has 1 aromatic carbocycles. The van der Waals surface area contributed by atoms with Crippen LogP contribution in [0.1, 0.15) is 23.9 Å². The summed E-state index contributed by atoms with van der Waals surface area (Å²) in [5, 5.41) is 0.963. The number of rotatable bonds is 4. The van der Waals surface area contributed by atoms with Gasteiger partial charge in [-0.15, -0.1) is 11.3 Å². The molecule has 0 unspecified atom stereocenters. The number of aryl methyl sites for hydroxylation is 1. The molecule has 2 aromatic rings. The second kappa shape index (κ2) is 5.76. The Morgan fingerprint density at radius 1 is 1.29 bits per heavy atom. The Labute approximate surface area is 114 Å². The van der Waals surface area contributed by atoms with E-state index < -0.39 is 0 Å². The Bertz CT molecular complexity index is 491. The van der Waals surface area contributed by atoms with E-state index in [4.69, 9.17) is 5.73 Å². The Morgan fingerprint density at radius 2 is 2.00 bits per heavy atom. The number of hydrogen-bond acceptors (Lipinski definition) is 3. The standard InChI is InChI=1S/C13H15BrN2S/c1-2-3-9-4-6-10(7-5-9)12-13(14)16-11(8-15)17-12/h4-7H,2-3,8,15H2,1H3. The first-order chi connectivity index (χ1) is 8.24. The van der Waals surface area contributed by atoms with E-state index in [1.807, 2.05) is 0 Å². The van der Waals surface area contributed by atoms with E-state index in [-0.39, 0.29) is 0 Å². The number of nitrogens with zero attached hydrogens (tertiary/aromatic N) is 1. The molecule has 0 saturated heterocycles. The molecule has 0 aliphatic heterocycles. The van der Waals surface area contributed by atoms with Crippen molar-refractivity contribution in [3.8, 4) is 10.4 Å². The van der Waals surface area contributed by atoms with Gasteiger partial charge in [0.1, 0.15) is 9.61 Å². The van der Waals surface area contributed by atoms with Crippen molar-refractivity contribution in [1.82, 2.24) is 4.98 Å². The maximum atomic E-state index is 5.60. The van der Waals surface area contributed by atoms with E-state index >= 15 is 0 Å². The molecule has 0 radical (unpaired) electrons. The Hall–Kier alpha value is -0.710. The van der Waals surface area contributed by atoms with Crippen LogP contribution in [0.3, 0.4) is 0 Å². The van der Waals surface area contributed by atoms with Gasteiger partial charge in [0.05, 0.1) is 4.88 Å². The van der Waals surface area contributed by atoms with Crippen LogP contribution in [0.15, 0.2) is 28.9 Å². The van der Waals surface area contributed by atoms with Crippen LogP contribution >= 0.6 is 27.3 Å². The minimum atomic E-state index is 0.497. The Morgan fingerprint density at radius 3 is 2.53 bits per heavy atom. The van der Waals surface area contributed by atoms with Gasteiger partial charge in [-0.3, -0.25) is 0 Å². The predicted molar refractivity (Wildman–Crippen MR) is 77.1 cm³/mol. The molecule has 0 aliphatic rings. The minimum absolute atomic E-state index is 0.497. The molecule has 0 atom stereocenters. The number of thiazole rings is 1. The lowest BCUT2D eigenvalue weighted by molar-refractivity contribution is 0.922. The normalized spacial score (nSPS) is 10.8. The molecule has 0 saturated carbocycles. The van der Waals surface area contributed by atoms with Gasteiger partial charge in [0.25, 0.3) is 0 Å². The van der Waals surface area contributed by atoms with Gasteiger partial charge in [-0.25, -0.2) is 4.98 Å². The zero-order valence-corrected chi connectivity index (χ0v) is 12.1. The minimum Gasteiger partial charge on any atom is -0.325 e. The summed E-state index contributed by atoms with van der Waals surface area (Å²) < 4.78 is 0.895. The van der Waals surface area contributed by atoms with Crippen molar-refractivity contribution in [1.29, 1.82) is 0 Å². The fraction of sp³-hybridized carbons (Fsp3) is 0.308. The fourth-order valence-electron chi connectivity index (χ4n) is 1.72. The van der Waals surface area contributed by atoms with Crippen molar-refractivity contribution >= 4 is 27.3 Å². The summed E-state index contributed by atoms with van der Waals surface area (Å²) in [6.07, 6.45) is 2.32. The van der Waals surface area contributed by atoms with Crippen molar-refractivity contribution < 1.29 is 0 Å². The highest BCUT2D eigenvalue weighted by atomic mass is 79.9. The van der Waals surface area contributed by atoms with Crippen LogP contribution in [0.25, 0.3) is 10.4 Å². The monoisotopic (exact) mass is 310 g/mol. The third-order valence-electron chi connectivity index (χ3n) is 2.56. The molecule has 2 rings (SSSR count). The van der Waals surface area contributed by atoms with E-state index in [1.165, 1.54) is 17.5 Å². The summed E-state index contributed by atoms with van der Waals surface area (Å²) in [7, 11) is 0. The molecule has 2 N–H and O–H groups in total. The Kier molecular flexibility index (Phi) is 4.31. The van der Waals surface area contributed by atoms with Crippen LogP contribution < -0.4 is 5.73 Å². The van der Waals surface area contributed by atoms with Gasteiger partial charge < -0.3 is 5.73 Å². The smallest absolute Gasteiger partial charge is 0.125 e. The molecule has 17 heavy (non-hydrogen) atoms. The van der Waals surface area contributed by atoms with E-state index in [1.54, 1.807) is 11.3 Å². The highest BCUT2D eigenvalue weighted by Crippen LogP contribution is 2.33. The summed E-state index contributed by atoms with van der Waals surface area (Å²) in [5.41, 5.74) is 8.19. The maximum absolute atomic E-state index is 5.60. The number of hydrogen-bond donors (Lipinski definition) is 1. The third-order valence-corrected chi connectivity index (χ3v) is 4.52. The van der Waals surface area contributed by atoms with Gasteiger partial charge >= 0.3 is 0 Å². The Balaban J connectivity index is 2.29. The number of halogens is 1. The highest BCUT2D eigenvalue weighted by molar-refractivity contribution is 9.10.